The molecule has 2 aromatic carbocycles. The highest BCUT2D eigenvalue weighted by Gasteiger charge is 2.15. The molecule has 128 valence electrons. The number of esters is 1. The van der Waals surface area contributed by atoms with Gasteiger partial charge in [-0.15, -0.1) is 11.3 Å². The Kier molecular flexibility index (Phi) is 4.85. The summed E-state index contributed by atoms with van der Waals surface area (Å²) in [6.45, 7) is -0.0230. The Labute approximate surface area is 147 Å². The van der Waals surface area contributed by atoms with Crippen LogP contribution in [0.2, 0.25) is 0 Å². The number of phenolic OH excluding ortho intramolecular Hbond substituents is 2. The number of thiazole rings is 1. The van der Waals surface area contributed by atoms with Gasteiger partial charge >= 0.3 is 5.97 Å². The Balaban J connectivity index is 1.70. The van der Waals surface area contributed by atoms with Crippen LogP contribution in [0.3, 0.4) is 0 Å². The van der Waals surface area contributed by atoms with Crippen molar-refractivity contribution in [3.63, 3.8) is 0 Å². The summed E-state index contributed by atoms with van der Waals surface area (Å²) in [7, 11) is 1.60. The molecule has 2 N–H and O–H groups in total. The van der Waals surface area contributed by atoms with E-state index < -0.39 is 5.97 Å². The van der Waals surface area contributed by atoms with Gasteiger partial charge in [0.05, 0.1) is 18.4 Å². The highest BCUT2D eigenvalue weighted by molar-refractivity contribution is 7.13. The lowest BCUT2D eigenvalue weighted by molar-refractivity contribution is 0.0465. The number of nitrogens with zero attached hydrogens (tertiary/aromatic N) is 1. The number of benzene rings is 2. The molecule has 1 heterocycles. The van der Waals surface area contributed by atoms with Crippen molar-refractivity contribution >= 4 is 17.3 Å². The van der Waals surface area contributed by atoms with E-state index in [0.29, 0.717) is 5.69 Å². The molecule has 0 saturated heterocycles. The number of carbonyl (C=O) groups is 1. The molecule has 1 aromatic heterocycles. The number of aromatic hydroxyl groups is 2. The molecule has 0 radical (unpaired) electrons. The predicted molar refractivity (Wildman–Crippen MR) is 93.0 cm³/mol. The zero-order chi connectivity index (χ0) is 17.8. The summed E-state index contributed by atoms with van der Waals surface area (Å²) in [5, 5.41) is 21.5. The average Bonchev–Trinajstić information content (AvgIpc) is 3.08. The normalized spacial score (nSPS) is 10.4. The van der Waals surface area contributed by atoms with Crippen LogP contribution >= 0.6 is 11.3 Å². The molecule has 25 heavy (non-hydrogen) atoms. The number of phenols is 2. The van der Waals surface area contributed by atoms with Crippen molar-refractivity contribution in [3.05, 3.63) is 59.1 Å². The van der Waals surface area contributed by atoms with Crippen LogP contribution in [0.4, 0.5) is 0 Å². The van der Waals surface area contributed by atoms with E-state index >= 15 is 0 Å². The predicted octanol–water partition coefficient (Wildman–Crippen LogP) is 3.59. The summed E-state index contributed by atoms with van der Waals surface area (Å²) >= 11 is 1.42. The molecule has 0 aliphatic rings. The Morgan fingerprint density at radius 3 is 2.76 bits per heavy atom. The zero-order valence-corrected chi connectivity index (χ0v) is 14.1. The minimum absolute atomic E-state index is 0.0158. The van der Waals surface area contributed by atoms with Gasteiger partial charge in [-0.1, -0.05) is 12.1 Å². The van der Waals surface area contributed by atoms with Crippen molar-refractivity contribution in [2.45, 2.75) is 6.61 Å². The van der Waals surface area contributed by atoms with E-state index in [2.05, 4.69) is 4.98 Å². The molecule has 0 amide bonds. The van der Waals surface area contributed by atoms with Gasteiger partial charge in [0.25, 0.3) is 0 Å². The minimum Gasteiger partial charge on any atom is -0.508 e. The quantitative estimate of drug-likeness (QED) is 0.679. The van der Waals surface area contributed by atoms with Gasteiger partial charge in [-0.3, -0.25) is 0 Å². The molecule has 7 heteroatoms. The molecule has 0 aliphatic carbocycles. The molecule has 0 aliphatic heterocycles. The van der Waals surface area contributed by atoms with Gasteiger partial charge in [0.15, 0.2) is 0 Å². The number of rotatable bonds is 5. The molecule has 0 fully saturated rings. The molecule has 0 bridgehead atoms. The summed E-state index contributed by atoms with van der Waals surface area (Å²) in [6, 6.07) is 11.2. The number of aromatic nitrogens is 1. The van der Waals surface area contributed by atoms with Gasteiger partial charge in [-0.25, -0.2) is 9.78 Å². The smallest absolute Gasteiger partial charge is 0.342 e. The Bertz CT molecular complexity index is 906. The van der Waals surface area contributed by atoms with Gasteiger partial charge in [-0.05, 0) is 24.3 Å². The molecule has 0 unspecified atom stereocenters. The second-order valence-corrected chi connectivity index (χ2v) is 5.98. The second kappa shape index (κ2) is 7.23. The summed E-state index contributed by atoms with van der Waals surface area (Å²) in [5.41, 5.74) is 1.44. The molecular weight excluding hydrogens is 342 g/mol. The number of carbonyl (C=O) groups excluding carboxylic acids is 1. The SMILES string of the molecule is COc1ccccc1-c1nc(COC(=O)c2ccc(O)cc2O)cs1. The van der Waals surface area contributed by atoms with Crippen LogP contribution in [0, 0.1) is 0 Å². The third-order valence-electron chi connectivity index (χ3n) is 3.44. The zero-order valence-electron chi connectivity index (χ0n) is 13.3. The average molecular weight is 357 g/mol. The van der Waals surface area contributed by atoms with Crippen molar-refractivity contribution in [1.29, 1.82) is 0 Å². The minimum atomic E-state index is -0.690. The van der Waals surface area contributed by atoms with E-state index in [1.54, 1.807) is 12.5 Å². The fraction of sp³-hybridized carbons (Fsp3) is 0.111. The largest absolute Gasteiger partial charge is 0.508 e. The fourth-order valence-electron chi connectivity index (χ4n) is 2.23. The van der Waals surface area contributed by atoms with Gasteiger partial charge in [-0.2, -0.15) is 0 Å². The topological polar surface area (TPSA) is 88.9 Å². The van der Waals surface area contributed by atoms with Crippen molar-refractivity contribution in [3.8, 4) is 27.8 Å². The first-order valence-electron chi connectivity index (χ1n) is 7.35. The number of ether oxygens (including phenoxy) is 2. The highest BCUT2D eigenvalue weighted by Crippen LogP contribution is 2.32. The van der Waals surface area contributed by atoms with E-state index in [4.69, 9.17) is 9.47 Å². The summed E-state index contributed by atoms with van der Waals surface area (Å²) < 4.78 is 10.5. The van der Waals surface area contributed by atoms with Crippen molar-refractivity contribution in [1.82, 2.24) is 4.98 Å². The third kappa shape index (κ3) is 3.72. The van der Waals surface area contributed by atoms with Crippen molar-refractivity contribution < 1.29 is 24.5 Å². The number of hydrogen-bond acceptors (Lipinski definition) is 7. The Hall–Kier alpha value is -3.06. The summed E-state index contributed by atoms with van der Waals surface area (Å²) in [4.78, 5) is 16.5. The van der Waals surface area contributed by atoms with Crippen LogP contribution in [0.1, 0.15) is 16.1 Å². The number of para-hydroxylation sites is 1. The fourth-order valence-corrected chi connectivity index (χ4v) is 3.06. The first-order chi connectivity index (χ1) is 12.1. The van der Waals surface area contributed by atoms with Crippen LogP contribution in [0.25, 0.3) is 10.6 Å². The lowest BCUT2D eigenvalue weighted by Crippen LogP contribution is -2.05. The summed E-state index contributed by atoms with van der Waals surface area (Å²) in [6.07, 6.45) is 0. The van der Waals surface area contributed by atoms with Crippen LogP contribution in [-0.4, -0.2) is 28.3 Å². The van der Waals surface area contributed by atoms with E-state index in [0.717, 1.165) is 22.4 Å². The van der Waals surface area contributed by atoms with Crippen molar-refractivity contribution in [2.24, 2.45) is 0 Å². The van der Waals surface area contributed by atoms with Gasteiger partial charge < -0.3 is 19.7 Å². The monoisotopic (exact) mass is 357 g/mol. The summed E-state index contributed by atoms with van der Waals surface area (Å²) in [5.74, 6) is -0.438. The standard InChI is InChI=1S/C18H15NO5S/c1-23-16-5-3-2-4-14(16)17-19-11(10-25-17)9-24-18(22)13-7-6-12(20)8-15(13)21/h2-8,10,20-21H,9H2,1H3. The third-order valence-corrected chi connectivity index (χ3v) is 4.37. The van der Waals surface area contributed by atoms with Crippen LogP contribution in [-0.2, 0) is 11.3 Å². The maximum atomic E-state index is 12.0. The van der Waals surface area contributed by atoms with Crippen LogP contribution < -0.4 is 4.74 Å². The first kappa shape index (κ1) is 16.8. The molecule has 0 atom stereocenters. The molecule has 0 spiro atoms. The molecule has 3 aromatic rings. The molecule has 6 nitrogen and oxygen atoms in total. The van der Waals surface area contributed by atoms with Crippen LogP contribution in [0.15, 0.2) is 47.8 Å². The lowest BCUT2D eigenvalue weighted by atomic mass is 10.2. The molecule has 3 rings (SSSR count). The Morgan fingerprint density at radius 2 is 2.00 bits per heavy atom. The number of methoxy groups -OCH3 is 1. The highest BCUT2D eigenvalue weighted by atomic mass is 32.1. The van der Waals surface area contributed by atoms with E-state index in [1.165, 1.54) is 23.5 Å². The van der Waals surface area contributed by atoms with Gasteiger partial charge in [0, 0.05) is 11.4 Å². The van der Waals surface area contributed by atoms with E-state index in [9.17, 15) is 15.0 Å². The molecule has 0 saturated carbocycles. The first-order valence-corrected chi connectivity index (χ1v) is 8.23. The van der Waals surface area contributed by atoms with Crippen LogP contribution in [0.5, 0.6) is 17.2 Å². The van der Waals surface area contributed by atoms with Crippen molar-refractivity contribution in [2.75, 3.05) is 7.11 Å². The maximum Gasteiger partial charge on any atom is 0.342 e. The number of hydrogen-bond donors (Lipinski definition) is 2. The van der Waals surface area contributed by atoms with E-state index in [1.807, 2.05) is 24.3 Å². The lowest BCUT2D eigenvalue weighted by Gasteiger charge is -2.06. The second-order valence-electron chi connectivity index (χ2n) is 5.12. The van der Waals surface area contributed by atoms with Gasteiger partial charge in [0.2, 0.25) is 0 Å². The Morgan fingerprint density at radius 1 is 1.20 bits per heavy atom. The molecular formula is C18H15NO5S. The van der Waals surface area contributed by atoms with E-state index in [-0.39, 0.29) is 23.7 Å². The maximum absolute atomic E-state index is 12.0. The van der Waals surface area contributed by atoms with Gasteiger partial charge in [0.1, 0.15) is 34.4 Å².